The van der Waals surface area contributed by atoms with Crippen molar-refractivity contribution in [3.05, 3.63) is 35.4 Å². The van der Waals surface area contributed by atoms with E-state index in [1.165, 1.54) is 12.8 Å². The van der Waals surface area contributed by atoms with E-state index in [2.05, 4.69) is 24.3 Å². The van der Waals surface area contributed by atoms with Crippen LogP contribution in [0.3, 0.4) is 0 Å². The van der Waals surface area contributed by atoms with Crippen molar-refractivity contribution in [3.63, 3.8) is 0 Å². The second-order valence-electron chi connectivity index (χ2n) is 6.83. The predicted octanol–water partition coefficient (Wildman–Crippen LogP) is 3.86. The van der Waals surface area contributed by atoms with E-state index in [4.69, 9.17) is 0 Å². The largest absolute Gasteiger partial charge is 0.0620 e. The van der Waals surface area contributed by atoms with Gasteiger partial charge in [-0.1, -0.05) is 24.3 Å². The van der Waals surface area contributed by atoms with Crippen LogP contribution in [0.1, 0.15) is 49.1 Å². The molecule has 0 N–H and O–H groups in total. The van der Waals surface area contributed by atoms with Crippen LogP contribution >= 0.6 is 0 Å². The van der Waals surface area contributed by atoms with E-state index in [0.717, 1.165) is 23.7 Å². The Kier molecular flexibility index (Phi) is 1.25. The summed E-state index contributed by atoms with van der Waals surface area (Å²) in [5.41, 5.74) is 4.15. The average Bonchev–Trinajstić information content (AvgIpc) is 2.26. The second-order valence-corrected chi connectivity index (χ2v) is 6.83. The Morgan fingerprint density at radius 2 is 1.69 bits per heavy atom. The number of rotatable bonds is 0. The zero-order valence-electron chi connectivity index (χ0n) is 9.65. The summed E-state index contributed by atoms with van der Waals surface area (Å²) in [5.74, 6) is 4.20. The van der Waals surface area contributed by atoms with Gasteiger partial charge in [0.1, 0.15) is 0 Å². The lowest BCUT2D eigenvalue weighted by molar-refractivity contribution is -0.0481. The van der Waals surface area contributed by atoms with E-state index in [1.54, 1.807) is 30.4 Å². The van der Waals surface area contributed by atoms with Crippen LogP contribution in [-0.4, -0.2) is 0 Å². The first-order valence-corrected chi connectivity index (χ1v) is 6.96. The Balaban J connectivity index is 1.75. The van der Waals surface area contributed by atoms with E-state index in [-0.39, 0.29) is 0 Å². The molecule has 4 saturated carbocycles. The molecule has 6 rings (SSSR count). The molecular weight excluding hydrogens is 192 g/mol. The monoisotopic (exact) mass is 210 g/mol. The van der Waals surface area contributed by atoms with Gasteiger partial charge in [0.05, 0.1) is 0 Å². The Morgan fingerprint density at radius 3 is 2.50 bits per heavy atom. The summed E-state index contributed by atoms with van der Waals surface area (Å²) in [6.45, 7) is 0. The number of hydrogen-bond donors (Lipinski definition) is 0. The molecule has 0 nitrogen and oxygen atoms in total. The molecule has 0 heteroatoms. The van der Waals surface area contributed by atoms with Gasteiger partial charge in [-0.3, -0.25) is 0 Å². The van der Waals surface area contributed by atoms with Gasteiger partial charge in [-0.05, 0) is 66.9 Å². The van der Waals surface area contributed by atoms with Crippen LogP contribution in [0.4, 0.5) is 0 Å². The van der Waals surface area contributed by atoms with Crippen molar-refractivity contribution in [3.8, 4) is 0 Å². The van der Waals surface area contributed by atoms with Gasteiger partial charge in [-0.25, -0.2) is 0 Å². The van der Waals surface area contributed by atoms with Gasteiger partial charge in [-0.2, -0.15) is 0 Å². The van der Waals surface area contributed by atoms with Gasteiger partial charge in [0.2, 0.25) is 0 Å². The maximum atomic E-state index is 2.43. The van der Waals surface area contributed by atoms with E-state index >= 15 is 0 Å². The van der Waals surface area contributed by atoms with Crippen molar-refractivity contribution in [2.75, 3.05) is 0 Å². The summed E-state index contributed by atoms with van der Waals surface area (Å²) in [6.07, 6.45) is 7.73. The van der Waals surface area contributed by atoms with Gasteiger partial charge < -0.3 is 0 Å². The molecule has 0 aliphatic heterocycles. The van der Waals surface area contributed by atoms with Gasteiger partial charge in [0.25, 0.3) is 0 Å². The van der Waals surface area contributed by atoms with Crippen molar-refractivity contribution in [1.82, 2.24) is 0 Å². The van der Waals surface area contributed by atoms with Crippen molar-refractivity contribution in [2.45, 2.75) is 43.4 Å². The molecule has 0 heterocycles. The molecule has 4 bridgehead atoms. The quantitative estimate of drug-likeness (QED) is 0.610. The van der Waals surface area contributed by atoms with Crippen LogP contribution in [0.2, 0.25) is 0 Å². The fraction of sp³-hybridized carbons (Fsp3) is 0.625. The van der Waals surface area contributed by atoms with Gasteiger partial charge in [0, 0.05) is 5.41 Å². The molecule has 0 radical (unpaired) electrons. The Labute approximate surface area is 97.1 Å². The Bertz CT molecular complexity index is 459. The summed E-state index contributed by atoms with van der Waals surface area (Å²) < 4.78 is 0. The van der Waals surface area contributed by atoms with Crippen LogP contribution in [0.5, 0.6) is 0 Å². The summed E-state index contributed by atoms with van der Waals surface area (Å²) in [6, 6.07) is 9.34. The van der Waals surface area contributed by atoms with Crippen LogP contribution in [0.15, 0.2) is 24.3 Å². The fourth-order valence-corrected chi connectivity index (χ4v) is 6.12. The predicted molar refractivity (Wildman–Crippen MR) is 64.4 cm³/mol. The second kappa shape index (κ2) is 2.39. The van der Waals surface area contributed by atoms with Crippen LogP contribution in [0, 0.1) is 17.8 Å². The molecule has 5 aliphatic carbocycles. The summed E-state index contributed by atoms with van der Waals surface area (Å²) in [4.78, 5) is 0. The molecule has 1 aromatic rings. The first-order valence-electron chi connectivity index (χ1n) is 6.96. The number of fused-ring (bicyclic) bond motifs is 1. The third-order valence-corrected chi connectivity index (χ3v) is 6.14. The SMILES string of the molecule is c1ccc2c(c1)C1C3CC4CC(C3)CC21C4. The highest BCUT2D eigenvalue weighted by Gasteiger charge is 2.63. The zero-order valence-corrected chi connectivity index (χ0v) is 9.65. The van der Waals surface area contributed by atoms with Crippen molar-refractivity contribution < 1.29 is 0 Å². The summed E-state index contributed by atoms with van der Waals surface area (Å²) in [7, 11) is 0. The number of benzene rings is 1. The molecule has 3 atom stereocenters. The maximum absolute atomic E-state index is 2.43. The molecular formula is C16H18. The molecule has 82 valence electrons. The minimum Gasteiger partial charge on any atom is -0.0620 e. The van der Waals surface area contributed by atoms with E-state index in [0.29, 0.717) is 5.41 Å². The van der Waals surface area contributed by atoms with E-state index in [1.807, 2.05) is 0 Å². The van der Waals surface area contributed by atoms with Crippen molar-refractivity contribution >= 4 is 0 Å². The Hall–Kier alpha value is -0.780. The Morgan fingerprint density at radius 1 is 0.938 bits per heavy atom. The van der Waals surface area contributed by atoms with Gasteiger partial charge in [0.15, 0.2) is 0 Å². The highest BCUT2D eigenvalue weighted by atomic mass is 14.7. The minimum atomic E-state index is 0.672. The van der Waals surface area contributed by atoms with Crippen molar-refractivity contribution in [2.24, 2.45) is 17.8 Å². The smallest absolute Gasteiger partial charge is 0.00325 e. The van der Waals surface area contributed by atoms with Gasteiger partial charge in [-0.15, -0.1) is 0 Å². The van der Waals surface area contributed by atoms with Gasteiger partial charge >= 0.3 is 0 Å². The molecule has 0 amide bonds. The lowest BCUT2D eigenvalue weighted by Gasteiger charge is -2.67. The standard InChI is InChI=1S/C16H18/c1-2-4-14-13(3-1)15-12-6-10-5-11(7-12)9-16(14,15)8-10/h1-4,10-12,15H,5-9H2. The van der Waals surface area contributed by atoms with E-state index in [9.17, 15) is 0 Å². The van der Waals surface area contributed by atoms with Crippen LogP contribution in [-0.2, 0) is 5.41 Å². The molecule has 4 fully saturated rings. The third-order valence-electron chi connectivity index (χ3n) is 6.14. The molecule has 16 heavy (non-hydrogen) atoms. The highest BCUT2D eigenvalue weighted by molar-refractivity contribution is 5.53. The summed E-state index contributed by atoms with van der Waals surface area (Å²) in [5, 5.41) is 0. The topological polar surface area (TPSA) is 0 Å². The number of hydrogen-bond acceptors (Lipinski definition) is 0. The fourth-order valence-electron chi connectivity index (χ4n) is 6.12. The first-order chi connectivity index (χ1) is 7.87. The van der Waals surface area contributed by atoms with Crippen LogP contribution < -0.4 is 0 Å². The third kappa shape index (κ3) is 0.724. The minimum absolute atomic E-state index is 0.672. The normalized spacial score (nSPS) is 50.8. The highest BCUT2D eigenvalue weighted by Crippen LogP contribution is 2.72. The molecule has 5 aliphatic rings. The molecule has 1 aromatic carbocycles. The lowest BCUT2D eigenvalue weighted by atomic mass is 9.37. The zero-order chi connectivity index (χ0) is 10.3. The lowest BCUT2D eigenvalue weighted by Crippen LogP contribution is -2.59. The molecule has 3 unspecified atom stereocenters. The average molecular weight is 210 g/mol. The summed E-state index contributed by atoms with van der Waals surface area (Å²) >= 11 is 0. The van der Waals surface area contributed by atoms with Crippen molar-refractivity contribution in [1.29, 1.82) is 0 Å². The maximum Gasteiger partial charge on any atom is 0.00325 e. The molecule has 1 spiro atoms. The van der Waals surface area contributed by atoms with Crippen LogP contribution in [0.25, 0.3) is 0 Å². The molecule has 0 saturated heterocycles. The molecule has 0 aromatic heterocycles. The first kappa shape index (κ1) is 8.33. The van der Waals surface area contributed by atoms with E-state index < -0.39 is 0 Å².